The van der Waals surface area contributed by atoms with Gasteiger partial charge in [-0.1, -0.05) is 6.58 Å². The van der Waals surface area contributed by atoms with Gasteiger partial charge in [0.05, 0.1) is 11.3 Å². The van der Waals surface area contributed by atoms with Gasteiger partial charge in [0.15, 0.2) is 0 Å². The number of piperidine rings is 1. The summed E-state index contributed by atoms with van der Waals surface area (Å²) in [6.45, 7) is 6.84. The maximum absolute atomic E-state index is 11.8. The zero-order chi connectivity index (χ0) is 18.4. The van der Waals surface area contributed by atoms with E-state index in [4.69, 9.17) is 5.73 Å². The van der Waals surface area contributed by atoms with E-state index in [-0.39, 0.29) is 23.3 Å². The summed E-state index contributed by atoms with van der Waals surface area (Å²) in [5.41, 5.74) is 6.15. The molecule has 1 aromatic heterocycles. The highest BCUT2D eigenvalue weighted by molar-refractivity contribution is 5.99. The van der Waals surface area contributed by atoms with Gasteiger partial charge in [0.2, 0.25) is 11.8 Å². The van der Waals surface area contributed by atoms with Gasteiger partial charge in [-0.2, -0.15) is 0 Å². The largest absolute Gasteiger partial charge is 0.384 e. The number of anilines is 2. The Morgan fingerprint density at radius 3 is 2.88 bits per heavy atom. The Bertz CT molecular complexity index is 689. The second-order valence-electron chi connectivity index (χ2n) is 6.04. The molecule has 0 aliphatic carbocycles. The number of carbonyl (C=O) groups is 3. The molecule has 1 fully saturated rings. The minimum Gasteiger partial charge on any atom is -0.384 e. The van der Waals surface area contributed by atoms with E-state index < -0.39 is 5.91 Å². The Hall–Kier alpha value is -2.90. The number of rotatable bonds is 6. The Labute approximate surface area is 146 Å². The van der Waals surface area contributed by atoms with Crippen LogP contribution in [0.2, 0.25) is 0 Å². The fourth-order valence-corrected chi connectivity index (χ4v) is 2.86. The molecule has 2 rings (SSSR count). The van der Waals surface area contributed by atoms with E-state index in [9.17, 15) is 14.4 Å². The molecule has 1 atom stereocenters. The number of nitrogens with one attached hydrogen (secondary N) is 2. The fraction of sp³-hybridized carbons (Fsp3) is 0.412. The van der Waals surface area contributed by atoms with Crippen molar-refractivity contribution in [2.24, 2.45) is 11.7 Å². The number of aromatic nitrogens is 1. The van der Waals surface area contributed by atoms with Crippen LogP contribution in [0.4, 0.5) is 11.5 Å². The maximum atomic E-state index is 11.8. The molecule has 4 N–H and O–H groups in total. The molecular weight excluding hydrogens is 322 g/mol. The lowest BCUT2D eigenvalue weighted by Crippen LogP contribution is -2.41. The lowest BCUT2D eigenvalue weighted by atomic mass is 9.97. The summed E-state index contributed by atoms with van der Waals surface area (Å²) >= 11 is 0. The minimum absolute atomic E-state index is 0.0700. The smallest absolute Gasteiger partial charge is 0.252 e. The van der Waals surface area contributed by atoms with Crippen molar-refractivity contribution in [3.63, 3.8) is 0 Å². The average molecular weight is 345 g/mol. The number of carbonyl (C=O) groups excluding carboxylic acids is 3. The van der Waals surface area contributed by atoms with Gasteiger partial charge >= 0.3 is 0 Å². The molecule has 1 unspecified atom stereocenters. The molecule has 8 nitrogen and oxygen atoms in total. The topological polar surface area (TPSA) is 117 Å². The molecule has 1 saturated heterocycles. The van der Waals surface area contributed by atoms with E-state index in [1.807, 2.05) is 0 Å². The predicted molar refractivity (Wildman–Crippen MR) is 95.0 cm³/mol. The first-order chi connectivity index (χ1) is 11.9. The highest BCUT2D eigenvalue weighted by Crippen LogP contribution is 2.21. The van der Waals surface area contributed by atoms with E-state index in [1.165, 1.54) is 19.2 Å². The molecule has 8 heteroatoms. The first kappa shape index (κ1) is 18.4. The van der Waals surface area contributed by atoms with Crippen molar-refractivity contribution in [3.8, 4) is 0 Å². The molecule has 25 heavy (non-hydrogen) atoms. The molecule has 1 aliphatic rings. The molecule has 2 heterocycles. The number of hydrogen-bond acceptors (Lipinski definition) is 5. The van der Waals surface area contributed by atoms with Crippen molar-refractivity contribution >= 4 is 29.2 Å². The summed E-state index contributed by atoms with van der Waals surface area (Å²) in [5.74, 6) is -0.338. The van der Waals surface area contributed by atoms with Crippen LogP contribution in [0.3, 0.4) is 0 Å². The van der Waals surface area contributed by atoms with E-state index >= 15 is 0 Å². The van der Waals surface area contributed by atoms with Crippen molar-refractivity contribution in [2.75, 3.05) is 30.3 Å². The first-order valence-corrected chi connectivity index (χ1v) is 8.13. The lowest BCUT2D eigenvalue weighted by Gasteiger charge is -2.32. The summed E-state index contributed by atoms with van der Waals surface area (Å²) in [6, 6.07) is 1.58. The molecule has 1 aromatic rings. The van der Waals surface area contributed by atoms with Crippen LogP contribution in [-0.4, -0.2) is 47.2 Å². The van der Waals surface area contributed by atoms with Crippen molar-refractivity contribution in [2.45, 2.75) is 19.8 Å². The third kappa shape index (κ3) is 5.03. The van der Waals surface area contributed by atoms with Gasteiger partial charge in [-0.05, 0) is 24.8 Å². The summed E-state index contributed by atoms with van der Waals surface area (Å²) in [6.07, 6.45) is 4.56. The zero-order valence-electron chi connectivity index (χ0n) is 14.2. The molecule has 0 spiro atoms. The quantitative estimate of drug-likeness (QED) is 0.664. The maximum Gasteiger partial charge on any atom is 0.252 e. The Balaban J connectivity index is 2.07. The number of likely N-dealkylation sites (tertiary alicyclic amines) is 1. The van der Waals surface area contributed by atoms with Crippen LogP contribution in [0.25, 0.3) is 0 Å². The van der Waals surface area contributed by atoms with Crippen LogP contribution in [0.5, 0.6) is 0 Å². The monoisotopic (exact) mass is 345 g/mol. The number of nitrogens with zero attached hydrogens (tertiary/aromatic N) is 2. The minimum atomic E-state index is -0.600. The summed E-state index contributed by atoms with van der Waals surface area (Å²) in [7, 11) is 0. The van der Waals surface area contributed by atoms with E-state index in [0.717, 1.165) is 19.4 Å². The molecule has 0 bridgehead atoms. The van der Waals surface area contributed by atoms with Crippen LogP contribution in [-0.2, 0) is 9.59 Å². The number of primary amides is 1. The molecule has 3 amide bonds. The molecule has 0 aromatic carbocycles. The zero-order valence-corrected chi connectivity index (χ0v) is 14.2. The van der Waals surface area contributed by atoms with Crippen molar-refractivity contribution in [1.82, 2.24) is 9.88 Å². The van der Waals surface area contributed by atoms with Crippen LogP contribution < -0.4 is 16.4 Å². The molecule has 0 saturated carbocycles. The highest BCUT2D eigenvalue weighted by Gasteiger charge is 2.22. The second kappa shape index (κ2) is 8.27. The van der Waals surface area contributed by atoms with Crippen LogP contribution in [0.1, 0.15) is 30.1 Å². The summed E-state index contributed by atoms with van der Waals surface area (Å²) in [5, 5.41) is 5.77. The van der Waals surface area contributed by atoms with Crippen LogP contribution in [0, 0.1) is 5.92 Å². The molecule has 0 radical (unpaired) electrons. The van der Waals surface area contributed by atoms with Gasteiger partial charge in [-0.15, -0.1) is 0 Å². The van der Waals surface area contributed by atoms with Gasteiger partial charge in [0, 0.05) is 38.8 Å². The SMILES string of the molecule is C=CC(=O)N1CCCC(CNc2cc(NC(C)=O)ncc2C(N)=O)C1. The van der Waals surface area contributed by atoms with Gasteiger partial charge in [-0.25, -0.2) is 4.98 Å². The molecular formula is C17H23N5O3. The lowest BCUT2D eigenvalue weighted by molar-refractivity contribution is -0.127. The van der Waals surface area contributed by atoms with Gasteiger partial charge in [-0.3, -0.25) is 14.4 Å². The third-order valence-electron chi connectivity index (χ3n) is 4.06. The summed E-state index contributed by atoms with van der Waals surface area (Å²) < 4.78 is 0. The number of amides is 3. The van der Waals surface area contributed by atoms with Crippen LogP contribution in [0.15, 0.2) is 24.9 Å². The van der Waals surface area contributed by atoms with Gasteiger partial charge in [0.25, 0.3) is 5.91 Å². The van der Waals surface area contributed by atoms with Gasteiger partial charge in [0.1, 0.15) is 5.82 Å². The first-order valence-electron chi connectivity index (χ1n) is 8.13. The Morgan fingerprint density at radius 1 is 1.48 bits per heavy atom. The summed E-state index contributed by atoms with van der Waals surface area (Å²) in [4.78, 5) is 40.3. The average Bonchev–Trinajstić information content (AvgIpc) is 2.58. The highest BCUT2D eigenvalue weighted by atomic mass is 16.2. The predicted octanol–water partition coefficient (Wildman–Crippen LogP) is 0.975. The van der Waals surface area contributed by atoms with E-state index in [0.29, 0.717) is 24.6 Å². The number of pyridine rings is 1. The number of nitrogens with two attached hydrogens (primary N) is 1. The third-order valence-corrected chi connectivity index (χ3v) is 4.06. The van der Waals surface area contributed by atoms with Gasteiger partial charge < -0.3 is 21.3 Å². The van der Waals surface area contributed by atoms with Crippen molar-refractivity contribution in [1.29, 1.82) is 0 Å². The molecule has 134 valence electrons. The normalized spacial score (nSPS) is 16.8. The Kier molecular flexibility index (Phi) is 6.10. The van der Waals surface area contributed by atoms with E-state index in [2.05, 4.69) is 22.2 Å². The van der Waals surface area contributed by atoms with Crippen LogP contribution >= 0.6 is 0 Å². The fourth-order valence-electron chi connectivity index (χ4n) is 2.86. The second-order valence-corrected chi connectivity index (χ2v) is 6.04. The molecule has 1 aliphatic heterocycles. The van der Waals surface area contributed by atoms with Crippen molar-refractivity contribution < 1.29 is 14.4 Å². The standard InChI is InChI=1S/C17H23N5O3/c1-3-16(24)22-6-4-5-12(10-22)8-19-14-7-15(21-11(2)23)20-9-13(14)17(18)25/h3,7,9,12H,1,4-6,8,10H2,2H3,(H2,18,25)(H2,19,20,21,23). The van der Waals surface area contributed by atoms with E-state index in [1.54, 1.807) is 11.0 Å². The van der Waals surface area contributed by atoms with Crippen molar-refractivity contribution in [3.05, 3.63) is 30.5 Å². The number of hydrogen-bond donors (Lipinski definition) is 3. The Morgan fingerprint density at radius 2 is 2.24 bits per heavy atom.